The van der Waals surface area contributed by atoms with E-state index in [1.165, 1.54) is 6.07 Å². The number of hydrogen-bond donors (Lipinski definition) is 2. The van der Waals surface area contributed by atoms with E-state index >= 15 is 0 Å². The molecular formula is C21H22FN3O2. The highest BCUT2D eigenvalue weighted by Crippen LogP contribution is 2.33. The number of aromatic nitrogens is 2. The molecule has 1 fully saturated rings. The number of nitrogens with zero attached hydrogens (tertiary/aromatic N) is 1. The molecule has 1 aliphatic rings. The van der Waals surface area contributed by atoms with Gasteiger partial charge in [0.05, 0.1) is 12.1 Å². The molecule has 140 valence electrons. The third-order valence-corrected chi connectivity index (χ3v) is 5.18. The summed E-state index contributed by atoms with van der Waals surface area (Å²) in [7, 11) is 0. The standard InChI is InChI=1S/C21H22FN3O2/c1-3-23-21(26)15-8-17(12(2)18(22)9-15)13-4-5-16-19(10-13)24-25-20(16)14-6-7-27-11-14/h4-5,8-10,14H,3,6-7,11H2,1-2H3,(H,23,26)(H,24,25). The van der Waals surface area contributed by atoms with Crippen molar-refractivity contribution in [1.29, 1.82) is 0 Å². The second-order valence-electron chi connectivity index (χ2n) is 6.92. The number of carbonyl (C=O) groups is 1. The topological polar surface area (TPSA) is 67.0 Å². The van der Waals surface area contributed by atoms with Gasteiger partial charge in [0.15, 0.2) is 0 Å². The maximum atomic E-state index is 14.4. The summed E-state index contributed by atoms with van der Waals surface area (Å²) >= 11 is 0. The molecule has 3 aromatic rings. The molecule has 0 saturated carbocycles. The van der Waals surface area contributed by atoms with Crippen molar-refractivity contribution < 1.29 is 13.9 Å². The monoisotopic (exact) mass is 367 g/mol. The molecule has 0 radical (unpaired) electrons. The number of H-pyrrole nitrogens is 1. The first-order valence-electron chi connectivity index (χ1n) is 9.23. The van der Waals surface area contributed by atoms with Gasteiger partial charge in [-0.3, -0.25) is 9.89 Å². The molecule has 2 heterocycles. The van der Waals surface area contributed by atoms with Crippen LogP contribution in [0.5, 0.6) is 0 Å². The number of amides is 1. The zero-order valence-corrected chi connectivity index (χ0v) is 15.4. The van der Waals surface area contributed by atoms with Crippen molar-refractivity contribution in [1.82, 2.24) is 15.5 Å². The van der Waals surface area contributed by atoms with Gasteiger partial charge in [-0.2, -0.15) is 5.10 Å². The van der Waals surface area contributed by atoms with Crippen molar-refractivity contribution in [2.45, 2.75) is 26.2 Å². The van der Waals surface area contributed by atoms with Crippen LogP contribution in [-0.4, -0.2) is 35.9 Å². The minimum absolute atomic E-state index is 0.276. The molecule has 5 nitrogen and oxygen atoms in total. The summed E-state index contributed by atoms with van der Waals surface area (Å²) in [5, 5.41) is 11.4. The zero-order chi connectivity index (χ0) is 19.0. The first-order valence-corrected chi connectivity index (χ1v) is 9.23. The van der Waals surface area contributed by atoms with Crippen molar-refractivity contribution in [2.75, 3.05) is 19.8 Å². The van der Waals surface area contributed by atoms with Crippen LogP contribution in [0.1, 0.15) is 40.9 Å². The Morgan fingerprint density at radius 1 is 1.37 bits per heavy atom. The van der Waals surface area contributed by atoms with Gasteiger partial charge in [0.25, 0.3) is 5.91 Å². The summed E-state index contributed by atoms with van der Waals surface area (Å²) in [5.74, 6) is -0.331. The number of halogens is 1. The van der Waals surface area contributed by atoms with E-state index in [0.717, 1.165) is 35.2 Å². The Kier molecular flexibility index (Phi) is 4.66. The number of hydrogen-bond acceptors (Lipinski definition) is 3. The quantitative estimate of drug-likeness (QED) is 0.734. The van der Waals surface area contributed by atoms with Crippen molar-refractivity contribution in [3.8, 4) is 11.1 Å². The van der Waals surface area contributed by atoms with Crippen LogP contribution in [0.3, 0.4) is 0 Å². The molecular weight excluding hydrogens is 345 g/mol. The average molecular weight is 367 g/mol. The Hall–Kier alpha value is -2.73. The predicted molar refractivity (Wildman–Crippen MR) is 102 cm³/mol. The third-order valence-electron chi connectivity index (χ3n) is 5.18. The lowest BCUT2D eigenvalue weighted by molar-refractivity contribution is 0.0955. The lowest BCUT2D eigenvalue weighted by Gasteiger charge is -2.11. The van der Waals surface area contributed by atoms with E-state index in [1.807, 2.05) is 25.1 Å². The Morgan fingerprint density at radius 2 is 2.22 bits per heavy atom. The van der Waals surface area contributed by atoms with E-state index < -0.39 is 0 Å². The third kappa shape index (κ3) is 3.21. The van der Waals surface area contributed by atoms with E-state index in [-0.39, 0.29) is 11.7 Å². The number of carbonyl (C=O) groups excluding carboxylic acids is 1. The van der Waals surface area contributed by atoms with Crippen molar-refractivity contribution in [3.05, 3.63) is 53.0 Å². The van der Waals surface area contributed by atoms with Crippen LogP contribution in [0.2, 0.25) is 0 Å². The maximum absolute atomic E-state index is 14.4. The van der Waals surface area contributed by atoms with Gasteiger partial charge in [-0.25, -0.2) is 4.39 Å². The molecule has 0 spiro atoms. The molecule has 1 saturated heterocycles. The minimum atomic E-state index is -0.389. The molecule has 0 bridgehead atoms. The number of ether oxygens (including phenoxy) is 1. The van der Waals surface area contributed by atoms with E-state index in [9.17, 15) is 9.18 Å². The van der Waals surface area contributed by atoms with Gasteiger partial charge < -0.3 is 10.1 Å². The Labute approximate surface area is 156 Å². The van der Waals surface area contributed by atoms with Crippen LogP contribution < -0.4 is 5.32 Å². The largest absolute Gasteiger partial charge is 0.381 e. The lowest BCUT2D eigenvalue weighted by atomic mass is 9.95. The Morgan fingerprint density at radius 3 is 2.96 bits per heavy atom. The van der Waals surface area contributed by atoms with Gasteiger partial charge in [0.1, 0.15) is 5.82 Å². The smallest absolute Gasteiger partial charge is 0.251 e. The second kappa shape index (κ2) is 7.12. The Bertz CT molecular complexity index is 1010. The number of nitrogens with one attached hydrogen (secondary N) is 2. The van der Waals surface area contributed by atoms with Crippen LogP contribution >= 0.6 is 0 Å². The van der Waals surface area contributed by atoms with E-state index in [2.05, 4.69) is 15.5 Å². The van der Waals surface area contributed by atoms with Gasteiger partial charge in [-0.05, 0) is 55.2 Å². The molecule has 27 heavy (non-hydrogen) atoms. The number of rotatable bonds is 4. The molecule has 1 amide bonds. The summed E-state index contributed by atoms with van der Waals surface area (Å²) in [6, 6.07) is 8.94. The van der Waals surface area contributed by atoms with Gasteiger partial charge in [0.2, 0.25) is 0 Å². The Balaban J connectivity index is 1.76. The summed E-state index contributed by atoms with van der Waals surface area (Å²) in [6.07, 6.45) is 0.984. The normalized spacial score (nSPS) is 16.8. The SMILES string of the molecule is CCNC(=O)c1cc(F)c(C)c(-c2ccc3c(C4CCOC4)[nH]nc3c2)c1. The summed E-state index contributed by atoms with van der Waals surface area (Å²) in [4.78, 5) is 12.1. The molecule has 6 heteroatoms. The second-order valence-corrected chi connectivity index (χ2v) is 6.92. The summed E-state index contributed by atoms with van der Waals surface area (Å²) < 4.78 is 19.9. The molecule has 1 aliphatic heterocycles. The predicted octanol–water partition coefficient (Wildman–Crippen LogP) is 3.93. The molecule has 2 N–H and O–H groups in total. The molecule has 0 aliphatic carbocycles. The summed E-state index contributed by atoms with van der Waals surface area (Å²) in [5.41, 5.74) is 4.30. The van der Waals surface area contributed by atoms with Gasteiger partial charge in [-0.15, -0.1) is 0 Å². The maximum Gasteiger partial charge on any atom is 0.251 e. The van der Waals surface area contributed by atoms with E-state index in [0.29, 0.717) is 35.8 Å². The highest BCUT2D eigenvalue weighted by Gasteiger charge is 2.22. The van der Waals surface area contributed by atoms with Crippen molar-refractivity contribution >= 4 is 16.8 Å². The highest BCUT2D eigenvalue weighted by molar-refractivity contribution is 5.96. The van der Waals surface area contributed by atoms with Gasteiger partial charge in [-0.1, -0.05) is 12.1 Å². The molecule has 1 aromatic heterocycles. The van der Waals surface area contributed by atoms with Crippen LogP contribution in [0, 0.1) is 12.7 Å². The lowest BCUT2D eigenvalue weighted by Crippen LogP contribution is -2.22. The van der Waals surface area contributed by atoms with Crippen LogP contribution in [0.25, 0.3) is 22.0 Å². The van der Waals surface area contributed by atoms with Crippen LogP contribution in [-0.2, 0) is 4.74 Å². The fourth-order valence-electron chi connectivity index (χ4n) is 3.65. The first kappa shape index (κ1) is 17.7. The zero-order valence-electron chi connectivity index (χ0n) is 15.4. The minimum Gasteiger partial charge on any atom is -0.381 e. The molecule has 1 unspecified atom stereocenters. The summed E-state index contributed by atoms with van der Waals surface area (Å²) in [6.45, 7) is 5.53. The highest BCUT2D eigenvalue weighted by atomic mass is 19.1. The number of benzene rings is 2. The van der Waals surface area contributed by atoms with Crippen LogP contribution in [0.4, 0.5) is 4.39 Å². The number of aromatic amines is 1. The number of fused-ring (bicyclic) bond motifs is 1. The van der Waals surface area contributed by atoms with E-state index in [4.69, 9.17) is 4.74 Å². The van der Waals surface area contributed by atoms with Crippen LogP contribution in [0.15, 0.2) is 30.3 Å². The average Bonchev–Trinajstić information content (AvgIpc) is 3.32. The first-order chi connectivity index (χ1) is 13.1. The van der Waals surface area contributed by atoms with Crippen molar-refractivity contribution in [3.63, 3.8) is 0 Å². The molecule has 1 atom stereocenters. The van der Waals surface area contributed by atoms with Gasteiger partial charge >= 0.3 is 0 Å². The van der Waals surface area contributed by atoms with Crippen molar-refractivity contribution in [2.24, 2.45) is 0 Å². The van der Waals surface area contributed by atoms with Gasteiger partial charge in [0, 0.05) is 35.7 Å². The molecule has 4 rings (SSSR count). The molecule has 2 aromatic carbocycles. The fourth-order valence-corrected chi connectivity index (χ4v) is 3.65. The van der Waals surface area contributed by atoms with E-state index in [1.54, 1.807) is 13.0 Å². The fraction of sp³-hybridized carbons (Fsp3) is 0.333.